The number of rotatable bonds is 4. The van der Waals surface area contributed by atoms with Crippen molar-refractivity contribution in [2.24, 2.45) is 11.1 Å². The van der Waals surface area contributed by atoms with E-state index in [2.05, 4.69) is 23.2 Å². The summed E-state index contributed by atoms with van der Waals surface area (Å²) in [6, 6.07) is 7.99. The number of nitrogens with two attached hydrogens (primary N) is 1. The minimum absolute atomic E-state index is 0.0272. The van der Waals surface area contributed by atoms with Crippen molar-refractivity contribution in [2.45, 2.75) is 26.8 Å². The maximum absolute atomic E-state index is 11.2. The van der Waals surface area contributed by atoms with Crippen molar-refractivity contribution in [2.75, 3.05) is 25.0 Å². The van der Waals surface area contributed by atoms with E-state index in [-0.39, 0.29) is 11.3 Å². The van der Waals surface area contributed by atoms with Crippen molar-refractivity contribution in [3.63, 3.8) is 0 Å². The largest absolute Gasteiger partial charge is 0.330 e. The minimum Gasteiger partial charge on any atom is -0.330 e. The van der Waals surface area contributed by atoms with E-state index in [1.54, 1.807) is 0 Å². The van der Waals surface area contributed by atoms with Gasteiger partial charge in [-0.25, -0.2) is 0 Å². The van der Waals surface area contributed by atoms with E-state index in [1.165, 1.54) is 12.5 Å². The Morgan fingerprint density at radius 1 is 1.47 bits per heavy atom. The molecule has 0 bridgehead atoms. The number of anilines is 1. The molecule has 1 saturated heterocycles. The third-order valence-corrected chi connectivity index (χ3v) is 3.85. The summed E-state index contributed by atoms with van der Waals surface area (Å²) in [4.78, 5) is 13.6. The third-order valence-electron chi connectivity index (χ3n) is 3.85. The fourth-order valence-corrected chi connectivity index (χ4v) is 2.64. The van der Waals surface area contributed by atoms with Gasteiger partial charge in [0.15, 0.2) is 0 Å². The Hall–Kier alpha value is -1.39. The van der Waals surface area contributed by atoms with Crippen LogP contribution < -0.4 is 11.1 Å². The second-order valence-electron chi connectivity index (χ2n) is 5.81. The number of amides is 1. The van der Waals surface area contributed by atoms with Crippen LogP contribution in [0.25, 0.3) is 0 Å². The van der Waals surface area contributed by atoms with Crippen LogP contribution in [-0.4, -0.2) is 30.4 Å². The molecule has 0 radical (unpaired) electrons. The van der Waals surface area contributed by atoms with Gasteiger partial charge < -0.3 is 11.1 Å². The quantitative estimate of drug-likeness (QED) is 0.869. The van der Waals surface area contributed by atoms with Gasteiger partial charge in [0.25, 0.3) is 0 Å². The van der Waals surface area contributed by atoms with Crippen LogP contribution in [-0.2, 0) is 11.3 Å². The van der Waals surface area contributed by atoms with Gasteiger partial charge in [0.2, 0.25) is 5.91 Å². The standard InChI is InChI=1S/C15H23N3O/c1-12(19)17-14-6-4-3-5-13(14)9-18-8-7-15(2,10-16)11-18/h3-6H,7-11,16H2,1-2H3,(H,17,19). The van der Waals surface area contributed by atoms with Gasteiger partial charge in [-0.3, -0.25) is 9.69 Å². The van der Waals surface area contributed by atoms with Crippen LogP contribution in [0.1, 0.15) is 25.8 Å². The topological polar surface area (TPSA) is 58.4 Å². The highest BCUT2D eigenvalue weighted by Crippen LogP contribution is 2.30. The zero-order chi connectivity index (χ0) is 13.9. The molecule has 0 aromatic heterocycles. The van der Waals surface area contributed by atoms with Gasteiger partial charge in [0, 0.05) is 25.7 Å². The lowest BCUT2D eigenvalue weighted by molar-refractivity contribution is -0.114. The van der Waals surface area contributed by atoms with Crippen LogP contribution in [0.4, 0.5) is 5.69 Å². The van der Waals surface area contributed by atoms with E-state index in [0.717, 1.165) is 38.3 Å². The van der Waals surface area contributed by atoms with Crippen molar-refractivity contribution in [1.29, 1.82) is 0 Å². The number of carbonyl (C=O) groups is 1. The molecule has 1 aliphatic rings. The first-order valence-corrected chi connectivity index (χ1v) is 6.80. The molecule has 1 aliphatic heterocycles. The number of benzene rings is 1. The number of para-hydroxylation sites is 1. The van der Waals surface area contributed by atoms with Crippen molar-refractivity contribution in [3.8, 4) is 0 Å². The zero-order valence-corrected chi connectivity index (χ0v) is 11.8. The van der Waals surface area contributed by atoms with E-state index in [1.807, 2.05) is 18.2 Å². The summed E-state index contributed by atoms with van der Waals surface area (Å²) < 4.78 is 0. The highest BCUT2D eigenvalue weighted by Gasteiger charge is 2.32. The molecule has 1 atom stereocenters. The van der Waals surface area contributed by atoms with Crippen molar-refractivity contribution in [3.05, 3.63) is 29.8 Å². The normalized spacial score (nSPS) is 23.5. The molecule has 1 unspecified atom stereocenters. The molecule has 19 heavy (non-hydrogen) atoms. The van der Waals surface area contributed by atoms with E-state index in [9.17, 15) is 4.79 Å². The average molecular weight is 261 g/mol. The maximum Gasteiger partial charge on any atom is 0.221 e. The summed E-state index contributed by atoms with van der Waals surface area (Å²) >= 11 is 0. The first-order valence-electron chi connectivity index (χ1n) is 6.80. The molecule has 1 heterocycles. The van der Waals surface area contributed by atoms with E-state index >= 15 is 0 Å². The molecule has 4 nitrogen and oxygen atoms in total. The second kappa shape index (κ2) is 5.72. The van der Waals surface area contributed by atoms with Crippen LogP contribution in [0.15, 0.2) is 24.3 Å². The van der Waals surface area contributed by atoms with Gasteiger partial charge in [-0.15, -0.1) is 0 Å². The highest BCUT2D eigenvalue weighted by molar-refractivity contribution is 5.89. The number of nitrogens with one attached hydrogen (secondary N) is 1. The van der Waals surface area contributed by atoms with Gasteiger partial charge in [0.1, 0.15) is 0 Å². The lowest BCUT2D eigenvalue weighted by Gasteiger charge is -2.23. The number of nitrogens with zero attached hydrogens (tertiary/aromatic N) is 1. The summed E-state index contributed by atoms with van der Waals surface area (Å²) in [7, 11) is 0. The maximum atomic E-state index is 11.2. The van der Waals surface area contributed by atoms with Crippen LogP contribution in [0.5, 0.6) is 0 Å². The number of hydrogen-bond acceptors (Lipinski definition) is 3. The SMILES string of the molecule is CC(=O)Nc1ccccc1CN1CCC(C)(CN)C1. The Morgan fingerprint density at radius 3 is 2.84 bits per heavy atom. The molecular formula is C15H23N3O. The van der Waals surface area contributed by atoms with Crippen LogP contribution in [0.2, 0.25) is 0 Å². The summed E-state index contributed by atoms with van der Waals surface area (Å²) in [5.74, 6) is -0.0272. The fraction of sp³-hybridized carbons (Fsp3) is 0.533. The van der Waals surface area contributed by atoms with Crippen LogP contribution >= 0.6 is 0 Å². The number of hydrogen-bond donors (Lipinski definition) is 2. The third kappa shape index (κ3) is 3.55. The molecule has 0 aliphatic carbocycles. The molecule has 1 aromatic rings. The Kier molecular flexibility index (Phi) is 4.22. The zero-order valence-electron chi connectivity index (χ0n) is 11.8. The molecule has 104 valence electrons. The molecular weight excluding hydrogens is 238 g/mol. The van der Waals surface area contributed by atoms with Crippen LogP contribution in [0.3, 0.4) is 0 Å². The first-order chi connectivity index (χ1) is 9.02. The number of likely N-dealkylation sites (tertiary alicyclic amines) is 1. The van der Waals surface area contributed by atoms with Gasteiger partial charge in [0.05, 0.1) is 0 Å². The van der Waals surface area contributed by atoms with Crippen molar-refractivity contribution in [1.82, 2.24) is 4.90 Å². The van der Waals surface area contributed by atoms with Crippen molar-refractivity contribution >= 4 is 11.6 Å². The molecule has 0 spiro atoms. The lowest BCUT2D eigenvalue weighted by Crippen LogP contribution is -2.31. The van der Waals surface area contributed by atoms with Gasteiger partial charge in [-0.2, -0.15) is 0 Å². The Morgan fingerprint density at radius 2 is 2.21 bits per heavy atom. The smallest absolute Gasteiger partial charge is 0.221 e. The summed E-state index contributed by atoms with van der Waals surface area (Å²) in [5.41, 5.74) is 8.15. The molecule has 2 rings (SSSR count). The van der Waals surface area contributed by atoms with Gasteiger partial charge in [-0.05, 0) is 36.6 Å². The first kappa shape index (κ1) is 14.0. The molecule has 1 amide bonds. The van der Waals surface area contributed by atoms with Crippen molar-refractivity contribution < 1.29 is 4.79 Å². The monoisotopic (exact) mass is 261 g/mol. The lowest BCUT2D eigenvalue weighted by atomic mass is 9.90. The predicted molar refractivity (Wildman–Crippen MR) is 77.8 cm³/mol. The molecule has 1 aromatic carbocycles. The Balaban J connectivity index is 2.06. The molecule has 3 N–H and O–H groups in total. The van der Waals surface area contributed by atoms with Gasteiger partial charge in [-0.1, -0.05) is 25.1 Å². The minimum atomic E-state index is -0.0272. The fourth-order valence-electron chi connectivity index (χ4n) is 2.64. The summed E-state index contributed by atoms with van der Waals surface area (Å²) in [6.07, 6.45) is 1.14. The van der Waals surface area contributed by atoms with E-state index < -0.39 is 0 Å². The molecule has 0 saturated carbocycles. The second-order valence-corrected chi connectivity index (χ2v) is 5.81. The summed E-state index contributed by atoms with van der Waals surface area (Å²) in [5, 5.41) is 2.89. The summed E-state index contributed by atoms with van der Waals surface area (Å²) in [6.45, 7) is 7.48. The Labute approximate surface area is 115 Å². The Bertz CT molecular complexity index is 460. The number of carbonyl (C=O) groups excluding carboxylic acids is 1. The van der Waals surface area contributed by atoms with E-state index in [0.29, 0.717) is 0 Å². The molecule has 4 heteroatoms. The molecule has 1 fully saturated rings. The van der Waals surface area contributed by atoms with Crippen LogP contribution in [0, 0.1) is 5.41 Å². The predicted octanol–water partition coefficient (Wildman–Crippen LogP) is 1.82. The van der Waals surface area contributed by atoms with Gasteiger partial charge >= 0.3 is 0 Å². The average Bonchev–Trinajstić information content (AvgIpc) is 2.74. The highest BCUT2D eigenvalue weighted by atomic mass is 16.1. The van der Waals surface area contributed by atoms with E-state index in [4.69, 9.17) is 5.73 Å².